The minimum absolute atomic E-state index is 0.0317. The summed E-state index contributed by atoms with van der Waals surface area (Å²) in [5.74, 6) is -1.99. The highest BCUT2D eigenvalue weighted by molar-refractivity contribution is 6.30. The van der Waals surface area contributed by atoms with E-state index in [1.54, 1.807) is 48.5 Å². The van der Waals surface area contributed by atoms with Crippen LogP contribution in [0.4, 0.5) is 4.39 Å². The molecule has 6 nitrogen and oxygen atoms in total. The predicted molar refractivity (Wildman–Crippen MR) is 111 cm³/mol. The zero-order valence-corrected chi connectivity index (χ0v) is 16.2. The van der Waals surface area contributed by atoms with Gasteiger partial charge < -0.3 is 0 Å². The van der Waals surface area contributed by atoms with Crippen molar-refractivity contribution in [2.45, 2.75) is 0 Å². The highest BCUT2D eigenvalue weighted by Crippen LogP contribution is 2.25. The zero-order chi connectivity index (χ0) is 21.1. The Balaban J connectivity index is 1.64. The number of hydrogen-bond acceptors (Lipinski definition) is 4. The maximum absolute atomic E-state index is 13.2. The molecule has 0 spiro atoms. The molecule has 30 heavy (non-hydrogen) atoms. The van der Waals surface area contributed by atoms with E-state index in [4.69, 9.17) is 11.6 Å². The van der Waals surface area contributed by atoms with Gasteiger partial charge in [0.05, 0.1) is 16.8 Å². The van der Waals surface area contributed by atoms with E-state index in [0.717, 1.165) is 11.6 Å². The van der Waals surface area contributed by atoms with Gasteiger partial charge in [0.1, 0.15) is 0 Å². The van der Waals surface area contributed by atoms with E-state index in [1.807, 2.05) is 6.07 Å². The van der Waals surface area contributed by atoms with Crippen molar-refractivity contribution >= 4 is 34.3 Å². The molecule has 148 valence electrons. The molecule has 0 aliphatic heterocycles. The number of para-hydroxylation sites is 1. The number of halogens is 2. The van der Waals surface area contributed by atoms with Crippen molar-refractivity contribution in [3.05, 3.63) is 95.0 Å². The monoisotopic (exact) mass is 420 g/mol. The van der Waals surface area contributed by atoms with Crippen LogP contribution in [0.3, 0.4) is 0 Å². The second-order valence-electron chi connectivity index (χ2n) is 6.35. The molecular formula is C22H14ClFN4O2. The molecule has 0 atom stereocenters. The summed E-state index contributed by atoms with van der Waals surface area (Å²) >= 11 is 5.95. The Labute approximate surface area is 175 Å². The third-order valence-electron chi connectivity index (χ3n) is 4.38. The van der Waals surface area contributed by atoms with Crippen LogP contribution in [0.25, 0.3) is 22.2 Å². The fourth-order valence-corrected chi connectivity index (χ4v) is 3.05. The molecule has 0 fully saturated rings. The number of pyridine rings is 2. The van der Waals surface area contributed by atoms with Gasteiger partial charge >= 0.3 is 0 Å². The van der Waals surface area contributed by atoms with E-state index < -0.39 is 17.8 Å². The van der Waals surface area contributed by atoms with Crippen LogP contribution in [0.5, 0.6) is 0 Å². The highest BCUT2D eigenvalue weighted by atomic mass is 35.5. The van der Waals surface area contributed by atoms with Crippen LogP contribution in [0.1, 0.15) is 20.7 Å². The summed E-state index contributed by atoms with van der Waals surface area (Å²) < 4.78 is 13.2. The van der Waals surface area contributed by atoms with Gasteiger partial charge in [0.25, 0.3) is 11.8 Å². The third-order valence-corrected chi connectivity index (χ3v) is 4.63. The van der Waals surface area contributed by atoms with E-state index in [1.165, 1.54) is 12.3 Å². The smallest absolute Gasteiger partial charge is 0.267 e. The molecule has 0 unspecified atom stereocenters. The topological polar surface area (TPSA) is 84.0 Å². The fraction of sp³-hybridized carbons (Fsp3) is 0. The van der Waals surface area contributed by atoms with Crippen molar-refractivity contribution in [3.8, 4) is 11.3 Å². The van der Waals surface area contributed by atoms with Gasteiger partial charge in [-0.15, -0.1) is 0 Å². The second kappa shape index (κ2) is 8.26. The Morgan fingerprint density at radius 3 is 2.40 bits per heavy atom. The number of nitrogens with zero attached hydrogens (tertiary/aromatic N) is 2. The number of carbonyl (C=O) groups is 2. The van der Waals surface area contributed by atoms with Gasteiger partial charge in [0.2, 0.25) is 5.95 Å². The second-order valence-corrected chi connectivity index (χ2v) is 6.79. The average Bonchev–Trinajstić information content (AvgIpc) is 2.77. The van der Waals surface area contributed by atoms with Crippen LogP contribution >= 0.6 is 11.6 Å². The maximum Gasteiger partial charge on any atom is 0.270 e. The molecule has 8 heteroatoms. The molecule has 0 saturated heterocycles. The van der Waals surface area contributed by atoms with Crippen molar-refractivity contribution in [3.63, 3.8) is 0 Å². The van der Waals surface area contributed by atoms with E-state index in [9.17, 15) is 14.0 Å². The number of hydrogen-bond donors (Lipinski definition) is 2. The number of amides is 2. The van der Waals surface area contributed by atoms with Gasteiger partial charge in [-0.25, -0.2) is 9.97 Å². The minimum atomic E-state index is -0.790. The fourth-order valence-electron chi connectivity index (χ4n) is 2.93. The van der Waals surface area contributed by atoms with Crippen LogP contribution in [-0.2, 0) is 0 Å². The van der Waals surface area contributed by atoms with Crippen LogP contribution < -0.4 is 10.9 Å². The zero-order valence-electron chi connectivity index (χ0n) is 15.4. The summed E-state index contributed by atoms with van der Waals surface area (Å²) in [5.41, 5.74) is 7.00. The number of aromatic nitrogens is 2. The molecule has 2 aromatic heterocycles. The lowest BCUT2D eigenvalue weighted by atomic mass is 10.0. The quantitative estimate of drug-likeness (QED) is 0.385. The van der Waals surface area contributed by atoms with Crippen molar-refractivity contribution in [1.29, 1.82) is 0 Å². The minimum Gasteiger partial charge on any atom is -0.267 e. The van der Waals surface area contributed by atoms with Crippen LogP contribution in [0, 0.1) is 5.95 Å². The van der Waals surface area contributed by atoms with E-state index >= 15 is 0 Å². The van der Waals surface area contributed by atoms with Gasteiger partial charge in [0, 0.05) is 33.8 Å². The summed E-state index contributed by atoms with van der Waals surface area (Å²) in [6.45, 7) is 0. The van der Waals surface area contributed by atoms with Crippen LogP contribution in [-0.4, -0.2) is 21.8 Å². The Morgan fingerprint density at radius 1 is 0.900 bits per heavy atom. The first-order valence-electron chi connectivity index (χ1n) is 8.89. The first-order valence-corrected chi connectivity index (χ1v) is 9.27. The molecule has 0 radical (unpaired) electrons. The van der Waals surface area contributed by atoms with E-state index in [0.29, 0.717) is 27.2 Å². The van der Waals surface area contributed by atoms with Crippen LogP contribution in [0.2, 0.25) is 5.02 Å². The number of nitrogens with one attached hydrogen (secondary N) is 2. The molecular weight excluding hydrogens is 407 g/mol. The van der Waals surface area contributed by atoms with Crippen molar-refractivity contribution in [2.24, 2.45) is 0 Å². The van der Waals surface area contributed by atoms with Gasteiger partial charge in [-0.05, 0) is 30.3 Å². The van der Waals surface area contributed by atoms with Gasteiger partial charge in [-0.1, -0.05) is 41.9 Å². The molecule has 2 amide bonds. The van der Waals surface area contributed by atoms with Crippen LogP contribution in [0.15, 0.2) is 72.9 Å². The van der Waals surface area contributed by atoms with Gasteiger partial charge in [-0.2, -0.15) is 4.39 Å². The molecule has 2 aromatic carbocycles. The number of hydrazine groups is 1. The summed E-state index contributed by atoms with van der Waals surface area (Å²) in [6.07, 6.45) is 1.17. The number of benzene rings is 2. The summed E-state index contributed by atoms with van der Waals surface area (Å²) in [5, 5.41) is 1.21. The molecule has 0 saturated carbocycles. The number of rotatable bonds is 3. The molecule has 2 heterocycles. The highest BCUT2D eigenvalue weighted by Gasteiger charge is 2.15. The Bertz CT molecular complexity index is 1260. The molecule has 0 aliphatic carbocycles. The SMILES string of the molecule is O=C(NNC(=O)c1cc(-c2ccc(Cl)cc2)nc2ccccc12)c1ccnc(F)c1. The maximum atomic E-state index is 13.2. The molecule has 0 bridgehead atoms. The normalized spacial score (nSPS) is 10.6. The summed E-state index contributed by atoms with van der Waals surface area (Å²) in [4.78, 5) is 33.0. The van der Waals surface area contributed by atoms with Gasteiger partial charge in [-0.3, -0.25) is 20.4 Å². The van der Waals surface area contributed by atoms with Gasteiger partial charge in [0.15, 0.2) is 0 Å². The molecule has 4 aromatic rings. The third kappa shape index (κ3) is 4.11. The van der Waals surface area contributed by atoms with Crippen molar-refractivity contribution in [1.82, 2.24) is 20.8 Å². The molecule has 4 rings (SSSR count). The van der Waals surface area contributed by atoms with E-state index in [-0.39, 0.29) is 5.56 Å². The Kier molecular flexibility index (Phi) is 5.36. The lowest BCUT2D eigenvalue weighted by Gasteiger charge is -2.11. The number of carbonyl (C=O) groups excluding carboxylic acids is 2. The molecule has 2 N–H and O–H groups in total. The lowest BCUT2D eigenvalue weighted by Crippen LogP contribution is -2.41. The Hall–Kier alpha value is -3.84. The number of fused-ring (bicyclic) bond motifs is 1. The largest absolute Gasteiger partial charge is 0.270 e. The van der Waals surface area contributed by atoms with E-state index in [2.05, 4.69) is 20.8 Å². The van der Waals surface area contributed by atoms with Crippen molar-refractivity contribution < 1.29 is 14.0 Å². The predicted octanol–water partition coefficient (Wildman–Crippen LogP) is 4.16. The van der Waals surface area contributed by atoms with Crippen molar-refractivity contribution in [2.75, 3.05) is 0 Å². The first kappa shape index (κ1) is 19.5. The average molecular weight is 421 g/mol. The summed E-state index contributed by atoms with van der Waals surface area (Å²) in [6, 6.07) is 18.2. The first-order chi connectivity index (χ1) is 14.5. The lowest BCUT2D eigenvalue weighted by molar-refractivity contribution is 0.0847. The molecule has 0 aliphatic rings. The standard InChI is InChI=1S/C22H14ClFN4O2/c23-15-7-5-13(6-8-15)19-12-17(16-3-1-2-4-18(16)26-19)22(30)28-27-21(29)14-9-10-25-20(24)11-14/h1-12H,(H,27,29)(H,28,30). The summed E-state index contributed by atoms with van der Waals surface area (Å²) in [7, 11) is 0. The Morgan fingerprint density at radius 2 is 1.63 bits per heavy atom.